The first-order valence-corrected chi connectivity index (χ1v) is 13.3. The molecule has 0 radical (unpaired) electrons. The lowest BCUT2D eigenvalue weighted by Crippen LogP contribution is -2.35. The van der Waals surface area contributed by atoms with Crippen molar-refractivity contribution in [3.63, 3.8) is 0 Å². The van der Waals surface area contributed by atoms with Gasteiger partial charge in [0.1, 0.15) is 0 Å². The van der Waals surface area contributed by atoms with Crippen LogP contribution in [0.3, 0.4) is 0 Å². The van der Waals surface area contributed by atoms with Gasteiger partial charge in [-0.25, -0.2) is 13.4 Å². The van der Waals surface area contributed by atoms with Crippen LogP contribution in [-0.4, -0.2) is 48.1 Å². The summed E-state index contributed by atoms with van der Waals surface area (Å²) in [7, 11) is -3.52. The van der Waals surface area contributed by atoms with E-state index in [-0.39, 0.29) is 4.90 Å². The lowest BCUT2D eigenvalue weighted by Gasteiger charge is -2.25. The summed E-state index contributed by atoms with van der Waals surface area (Å²) in [6, 6.07) is 9.79. The van der Waals surface area contributed by atoms with Crippen LogP contribution >= 0.6 is 38.6 Å². The average Bonchev–Trinajstić information content (AvgIpc) is 3.41. The molecule has 0 unspecified atom stereocenters. The Morgan fingerprint density at radius 1 is 1.06 bits per heavy atom. The summed E-state index contributed by atoms with van der Waals surface area (Å²) in [6.45, 7) is 1.08. The highest BCUT2D eigenvalue weighted by Gasteiger charge is 2.26. The standard InChI is InChI=1S/C19H18BrN5O3S3/c20-16-9-6-14(29-16)12-21-18-23-24-19(30-18)22-17(26)13-4-7-15(8-5-13)31(27,28)25-10-2-1-3-11-25/h4-9,12H,1-3,10-11H2,(H,22,24,26). The molecule has 1 aliphatic heterocycles. The average molecular weight is 540 g/mol. The molecule has 0 saturated carbocycles. The zero-order valence-electron chi connectivity index (χ0n) is 16.2. The lowest BCUT2D eigenvalue weighted by atomic mass is 10.2. The number of amides is 1. The smallest absolute Gasteiger partial charge is 0.257 e. The topological polar surface area (TPSA) is 105 Å². The molecule has 0 bridgehead atoms. The summed E-state index contributed by atoms with van der Waals surface area (Å²) in [4.78, 5) is 17.9. The molecule has 1 saturated heterocycles. The summed E-state index contributed by atoms with van der Waals surface area (Å²) < 4.78 is 28.0. The molecule has 0 spiro atoms. The van der Waals surface area contributed by atoms with Gasteiger partial charge in [-0.05, 0) is 65.2 Å². The number of sulfonamides is 1. The van der Waals surface area contributed by atoms with Gasteiger partial charge in [0.15, 0.2) is 0 Å². The number of aliphatic imine (C=N–C) groups is 1. The summed E-state index contributed by atoms with van der Waals surface area (Å²) in [5, 5.41) is 11.3. The van der Waals surface area contributed by atoms with E-state index in [1.54, 1.807) is 17.6 Å². The monoisotopic (exact) mass is 539 g/mol. The molecule has 31 heavy (non-hydrogen) atoms. The molecule has 3 aromatic rings. The largest absolute Gasteiger partial charge is 0.296 e. The van der Waals surface area contributed by atoms with Gasteiger partial charge >= 0.3 is 0 Å². The number of rotatable bonds is 6. The molecule has 0 atom stereocenters. The van der Waals surface area contributed by atoms with Crippen molar-refractivity contribution in [2.75, 3.05) is 18.4 Å². The van der Waals surface area contributed by atoms with Gasteiger partial charge in [0.25, 0.3) is 5.91 Å². The Hall–Kier alpha value is -1.99. The van der Waals surface area contributed by atoms with Gasteiger partial charge < -0.3 is 0 Å². The minimum Gasteiger partial charge on any atom is -0.296 e. The highest BCUT2D eigenvalue weighted by Crippen LogP contribution is 2.26. The van der Waals surface area contributed by atoms with Gasteiger partial charge in [0.2, 0.25) is 20.3 Å². The minimum atomic E-state index is -3.52. The number of halogens is 1. The van der Waals surface area contributed by atoms with E-state index in [0.29, 0.717) is 28.9 Å². The molecule has 0 aliphatic carbocycles. The number of nitrogens with one attached hydrogen (secondary N) is 1. The van der Waals surface area contributed by atoms with E-state index in [4.69, 9.17) is 0 Å². The number of anilines is 1. The van der Waals surface area contributed by atoms with E-state index in [1.807, 2.05) is 12.1 Å². The second kappa shape index (κ2) is 9.65. The number of nitrogens with zero attached hydrogens (tertiary/aromatic N) is 4. The van der Waals surface area contributed by atoms with Crippen molar-refractivity contribution in [1.82, 2.24) is 14.5 Å². The first-order valence-electron chi connectivity index (χ1n) is 9.46. The highest BCUT2D eigenvalue weighted by atomic mass is 79.9. The first-order chi connectivity index (χ1) is 14.9. The third-order valence-corrected chi connectivity index (χ3v) is 8.82. The predicted molar refractivity (Wildman–Crippen MR) is 126 cm³/mol. The Balaban J connectivity index is 1.40. The SMILES string of the molecule is O=C(Nc1nnc(N=Cc2ccc(Br)s2)s1)c1ccc(S(=O)(=O)N2CCCCC2)cc1. The van der Waals surface area contributed by atoms with Gasteiger partial charge in [-0.3, -0.25) is 10.1 Å². The Kier molecular flexibility index (Phi) is 6.92. The number of carbonyl (C=O) groups is 1. The second-order valence-electron chi connectivity index (χ2n) is 6.73. The minimum absolute atomic E-state index is 0.193. The molecule has 162 valence electrons. The zero-order chi connectivity index (χ0) is 21.8. The number of benzene rings is 1. The normalized spacial score (nSPS) is 15.4. The van der Waals surface area contributed by atoms with E-state index in [0.717, 1.165) is 39.3 Å². The molecular weight excluding hydrogens is 522 g/mol. The number of aromatic nitrogens is 2. The molecule has 1 aliphatic rings. The Morgan fingerprint density at radius 3 is 2.48 bits per heavy atom. The van der Waals surface area contributed by atoms with Crippen LogP contribution in [0, 0.1) is 0 Å². The molecule has 1 fully saturated rings. The molecule has 1 amide bonds. The number of hydrogen-bond donors (Lipinski definition) is 1. The van der Waals surface area contributed by atoms with Crippen LogP contribution in [0.15, 0.2) is 50.1 Å². The number of carbonyl (C=O) groups excluding carboxylic acids is 1. The van der Waals surface area contributed by atoms with Crippen molar-refractivity contribution in [1.29, 1.82) is 0 Å². The van der Waals surface area contributed by atoms with Crippen LogP contribution in [0.1, 0.15) is 34.5 Å². The predicted octanol–water partition coefficient (Wildman–Crippen LogP) is 4.54. The summed E-state index contributed by atoms with van der Waals surface area (Å²) in [5.74, 6) is -0.393. The summed E-state index contributed by atoms with van der Waals surface area (Å²) >= 11 is 6.08. The Morgan fingerprint density at radius 2 is 1.81 bits per heavy atom. The van der Waals surface area contributed by atoms with Crippen molar-refractivity contribution in [2.45, 2.75) is 24.2 Å². The van der Waals surface area contributed by atoms with E-state index < -0.39 is 15.9 Å². The first kappa shape index (κ1) is 22.2. The van der Waals surface area contributed by atoms with Crippen LogP contribution in [0.2, 0.25) is 0 Å². The maximum Gasteiger partial charge on any atom is 0.257 e. The fraction of sp³-hybridized carbons (Fsp3) is 0.263. The summed E-state index contributed by atoms with van der Waals surface area (Å²) in [5.41, 5.74) is 0.335. The summed E-state index contributed by atoms with van der Waals surface area (Å²) in [6.07, 6.45) is 4.48. The van der Waals surface area contributed by atoms with Gasteiger partial charge in [-0.1, -0.05) is 17.8 Å². The van der Waals surface area contributed by atoms with Crippen LogP contribution in [0.4, 0.5) is 10.3 Å². The second-order valence-corrected chi connectivity index (χ2v) is 12.1. The number of hydrogen-bond acceptors (Lipinski definition) is 8. The van der Waals surface area contributed by atoms with Crippen LogP contribution in [0.25, 0.3) is 0 Å². The molecule has 1 N–H and O–H groups in total. The van der Waals surface area contributed by atoms with Crippen molar-refractivity contribution in [2.24, 2.45) is 4.99 Å². The third kappa shape index (κ3) is 5.44. The van der Waals surface area contributed by atoms with Gasteiger partial charge in [-0.15, -0.1) is 21.5 Å². The lowest BCUT2D eigenvalue weighted by molar-refractivity contribution is 0.102. The molecule has 12 heteroatoms. The van der Waals surface area contributed by atoms with E-state index in [1.165, 1.54) is 28.6 Å². The van der Waals surface area contributed by atoms with Crippen molar-refractivity contribution < 1.29 is 13.2 Å². The maximum atomic E-state index is 12.7. The quantitative estimate of drug-likeness (QED) is 0.463. The highest BCUT2D eigenvalue weighted by molar-refractivity contribution is 9.11. The van der Waals surface area contributed by atoms with Crippen LogP contribution < -0.4 is 5.32 Å². The van der Waals surface area contributed by atoms with Crippen molar-refractivity contribution in [3.8, 4) is 0 Å². The fourth-order valence-electron chi connectivity index (χ4n) is 3.04. The Bertz CT molecular complexity index is 1200. The number of piperidine rings is 1. The van der Waals surface area contributed by atoms with Gasteiger partial charge in [0.05, 0.1) is 8.68 Å². The maximum absolute atomic E-state index is 12.7. The molecule has 8 nitrogen and oxygen atoms in total. The molecule has 3 heterocycles. The molecule has 2 aromatic heterocycles. The third-order valence-electron chi connectivity index (χ3n) is 4.60. The molecule has 4 rings (SSSR count). The van der Waals surface area contributed by atoms with Crippen molar-refractivity contribution in [3.05, 3.63) is 50.6 Å². The van der Waals surface area contributed by atoms with E-state index >= 15 is 0 Å². The van der Waals surface area contributed by atoms with Crippen LogP contribution in [-0.2, 0) is 10.0 Å². The van der Waals surface area contributed by atoms with Crippen LogP contribution in [0.5, 0.6) is 0 Å². The zero-order valence-corrected chi connectivity index (χ0v) is 20.2. The van der Waals surface area contributed by atoms with Gasteiger partial charge in [0, 0.05) is 29.7 Å². The fourth-order valence-corrected chi connectivity index (χ4v) is 6.43. The number of thiophene rings is 1. The molecular formula is C19H18BrN5O3S3. The van der Waals surface area contributed by atoms with E-state index in [2.05, 4.69) is 36.4 Å². The molecule has 1 aromatic carbocycles. The van der Waals surface area contributed by atoms with E-state index in [9.17, 15) is 13.2 Å². The van der Waals surface area contributed by atoms with Crippen molar-refractivity contribution >= 4 is 71.0 Å². The van der Waals surface area contributed by atoms with Gasteiger partial charge in [-0.2, -0.15) is 4.31 Å². The Labute approximate surface area is 196 Å².